The van der Waals surface area contributed by atoms with Crippen LogP contribution in [0.2, 0.25) is 5.02 Å². The molecular formula is C20H18ClN5O2. The second-order valence-electron chi connectivity index (χ2n) is 6.62. The minimum Gasteiger partial charge on any atom is -0.408 e. The van der Waals surface area contributed by atoms with Gasteiger partial charge >= 0.3 is 5.76 Å². The molecule has 0 saturated heterocycles. The molecule has 8 heteroatoms. The number of H-pyrrole nitrogens is 1. The first-order valence-electron chi connectivity index (χ1n) is 8.66. The SMILES string of the molecule is Cc1cnc(Nc2cc(C)c(Cl)c(C)c2)nc1Nc1ccc2oc(=O)[nH]c2c1. The lowest BCUT2D eigenvalue weighted by Crippen LogP contribution is -2.03. The molecule has 0 unspecified atom stereocenters. The minimum atomic E-state index is -0.481. The second-order valence-corrected chi connectivity index (χ2v) is 7.00. The maximum absolute atomic E-state index is 11.3. The second kappa shape index (κ2) is 7.01. The highest BCUT2D eigenvalue weighted by Crippen LogP contribution is 2.27. The maximum Gasteiger partial charge on any atom is 0.417 e. The normalized spacial score (nSPS) is 11.0. The Morgan fingerprint density at radius 2 is 1.75 bits per heavy atom. The lowest BCUT2D eigenvalue weighted by molar-refractivity contribution is 0.555. The van der Waals surface area contributed by atoms with Gasteiger partial charge in [-0.05, 0) is 62.2 Å². The molecule has 0 aliphatic rings. The van der Waals surface area contributed by atoms with E-state index in [9.17, 15) is 4.79 Å². The Hall–Kier alpha value is -3.32. The molecule has 0 atom stereocenters. The van der Waals surface area contributed by atoms with E-state index < -0.39 is 5.76 Å². The molecule has 0 radical (unpaired) electrons. The summed E-state index contributed by atoms with van der Waals surface area (Å²) < 4.78 is 5.03. The summed E-state index contributed by atoms with van der Waals surface area (Å²) in [5.41, 5.74) is 5.61. The monoisotopic (exact) mass is 395 g/mol. The number of oxazole rings is 1. The van der Waals surface area contributed by atoms with Crippen molar-refractivity contribution in [1.29, 1.82) is 0 Å². The molecule has 4 aromatic rings. The molecule has 2 aromatic heterocycles. The van der Waals surface area contributed by atoms with E-state index >= 15 is 0 Å². The Balaban J connectivity index is 1.62. The molecule has 0 bridgehead atoms. The van der Waals surface area contributed by atoms with Crippen molar-refractivity contribution in [3.63, 3.8) is 0 Å². The number of hydrogen-bond acceptors (Lipinski definition) is 6. The molecule has 3 N–H and O–H groups in total. The Morgan fingerprint density at radius 3 is 2.50 bits per heavy atom. The number of aromatic nitrogens is 3. The fourth-order valence-electron chi connectivity index (χ4n) is 2.94. The first kappa shape index (κ1) is 18.1. The Morgan fingerprint density at radius 1 is 1.00 bits per heavy atom. The van der Waals surface area contributed by atoms with E-state index in [1.54, 1.807) is 18.3 Å². The first-order chi connectivity index (χ1) is 13.4. The number of halogens is 1. The summed E-state index contributed by atoms with van der Waals surface area (Å²) >= 11 is 6.23. The Kier molecular flexibility index (Phi) is 4.52. The standard InChI is InChI=1S/C20H18ClN5O2/c1-10-6-14(7-11(2)17(10)21)24-19-22-9-12(3)18(26-19)23-13-4-5-16-15(8-13)25-20(27)28-16/h4-9H,1-3H3,(H,25,27)(H2,22,23,24,26). The molecule has 0 aliphatic heterocycles. The van der Waals surface area contributed by atoms with Crippen molar-refractivity contribution < 1.29 is 4.42 Å². The van der Waals surface area contributed by atoms with Gasteiger partial charge in [0.05, 0.1) is 5.52 Å². The van der Waals surface area contributed by atoms with Crippen LogP contribution in [0.25, 0.3) is 11.1 Å². The van der Waals surface area contributed by atoms with E-state index in [-0.39, 0.29) is 0 Å². The number of anilines is 4. The van der Waals surface area contributed by atoms with Crippen LogP contribution in [-0.4, -0.2) is 15.0 Å². The van der Waals surface area contributed by atoms with Crippen molar-refractivity contribution >= 4 is 45.8 Å². The summed E-state index contributed by atoms with van der Waals surface area (Å²) in [6.45, 7) is 5.83. The molecule has 0 spiro atoms. The van der Waals surface area contributed by atoms with Gasteiger partial charge in [-0.3, -0.25) is 4.98 Å². The van der Waals surface area contributed by atoms with Gasteiger partial charge in [0, 0.05) is 28.2 Å². The molecule has 0 amide bonds. The largest absolute Gasteiger partial charge is 0.417 e. The van der Waals surface area contributed by atoms with Gasteiger partial charge in [-0.1, -0.05) is 11.6 Å². The third-order valence-corrected chi connectivity index (χ3v) is 4.94. The van der Waals surface area contributed by atoms with Crippen molar-refractivity contribution in [1.82, 2.24) is 15.0 Å². The van der Waals surface area contributed by atoms with Crippen LogP contribution in [0, 0.1) is 20.8 Å². The smallest absolute Gasteiger partial charge is 0.408 e. The number of aryl methyl sites for hydroxylation is 3. The van der Waals surface area contributed by atoms with Crippen molar-refractivity contribution in [3.8, 4) is 0 Å². The summed E-state index contributed by atoms with van der Waals surface area (Å²) in [6.07, 6.45) is 1.74. The molecule has 0 fully saturated rings. The summed E-state index contributed by atoms with van der Waals surface area (Å²) in [5, 5.41) is 7.23. The third kappa shape index (κ3) is 3.57. The number of benzene rings is 2. The number of hydrogen-bond donors (Lipinski definition) is 3. The topological polar surface area (TPSA) is 95.8 Å². The number of nitrogens with zero attached hydrogens (tertiary/aromatic N) is 2. The lowest BCUT2D eigenvalue weighted by Gasteiger charge is -2.12. The maximum atomic E-state index is 11.3. The zero-order valence-electron chi connectivity index (χ0n) is 15.6. The van der Waals surface area contributed by atoms with E-state index in [0.717, 1.165) is 33.1 Å². The molecule has 28 heavy (non-hydrogen) atoms. The molecule has 0 saturated carbocycles. The zero-order valence-corrected chi connectivity index (χ0v) is 16.3. The van der Waals surface area contributed by atoms with Crippen LogP contribution >= 0.6 is 11.6 Å². The molecule has 2 aromatic carbocycles. The first-order valence-corrected chi connectivity index (χ1v) is 9.04. The van der Waals surface area contributed by atoms with Crippen molar-refractivity contribution in [2.24, 2.45) is 0 Å². The third-order valence-electron chi connectivity index (χ3n) is 4.35. The van der Waals surface area contributed by atoms with Gasteiger partial charge in [-0.2, -0.15) is 4.98 Å². The molecule has 2 heterocycles. The van der Waals surface area contributed by atoms with Gasteiger partial charge in [-0.15, -0.1) is 0 Å². The van der Waals surface area contributed by atoms with E-state index in [0.29, 0.717) is 22.9 Å². The number of aromatic amines is 1. The predicted octanol–water partition coefficient (Wildman–Crippen LogP) is 4.98. The van der Waals surface area contributed by atoms with Gasteiger partial charge in [0.15, 0.2) is 5.58 Å². The van der Waals surface area contributed by atoms with Crippen LogP contribution in [0.1, 0.15) is 16.7 Å². The Bertz CT molecular complexity index is 1220. The van der Waals surface area contributed by atoms with Crippen molar-refractivity contribution in [2.75, 3.05) is 10.6 Å². The summed E-state index contributed by atoms with van der Waals surface area (Å²) in [4.78, 5) is 22.9. The molecule has 4 rings (SSSR count). The molecule has 0 aliphatic carbocycles. The van der Waals surface area contributed by atoms with E-state index in [1.165, 1.54) is 0 Å². The van der Waals surface area contributed by atoms with Crippen LogP contribution in [-0.2, 0) is 0 Å². The van der Waals surface area contributed by atoms with E-state index in [1.807, 2.05) is 39.0 Å². The summed E-state index contributed by atoms with van der Waals surface area (Å²) in [7, 11) is 0. The van der Waals surface area contributed by atoms with Crippen LogP contribution < -0.4 is 16.4 Å². The van der Waals surface area contributed by atoms with Gasteiger partial charge in [0.25, 0.3) is 0 Å². The molecular weight excluding hydrogens is 378 g/mol. The predicted molar refractivity (Wildman–Crippen MR) is 111 cm³/mol. The quantitative estimate of drug-likeness (QED) is 0.451. The fraction of sp³-hybridized carbons (Fsp3) is 0.150. The summed E-state index contributed by atoms with van der Waals surface area (Å²) in [5.74, 6) is 0.641. The average molecular weight is 396 g/mol. The number of nitrogens with one attached hydrogen (secondary N) is 3. The van der Waals surface area contributed by atoms with Crippen LogP contribution in [0.4, 0.5) is 23.1 Å². The number of rotatable bonds is 4. The van der Waals surface area contributed by atoms with Crippen LogP contribution in [0.5, 0.6) is 0 Å². The van der Waals surface area contributed by atoms with Crippen LogP contribution in [0.15, 0.2) is 45.7 Å². The van der Waals surface area contributed by atoms with Crippen LogP contribution in [0.3, 0.4) is 0 Å². The highest BCUT2D eigenvalue weighted by atomic mass is 35.5. The minimum absolute atomic E-state index is 0.465. The van der Waals surface area contributed by atoms with E-state index in [4.69, 9.17) is 16.0 Å². The van der Waals surface area contributed by atoms with Gasteiger partial charge in [0.1, 0.15) is 5.82 Å². The van der Waals surface area contributed by atoms with Crippen molar-refractivity contribution in [2.45, 2.75) is 20.8 Å². The fourth-order valence-corrected chi connectivity index (χ4v) is 3.05. The van der Waals surface area contributed by atoms with E-state index in [2.05, 4.69) is 25.6 Å². The number of fused-ring (bicyclic) bond motifs is 1. The van der Waals surface area contributed by atoms with Gasteiger partial charge < -0.3 is 15.1 Å². The molecule has 7 nitrogen and oxygen atoms in total. The van der Waals surface area contributed by atoms with Crippen molar-refractivity contribution in [3.05, 3.63) is 68.8 Å². The van der Waals surface area contributed by atoms with Gasteiger partial charge in [-0.25, -0.2) is 9.78 Å². The lowest BCUT2D eigenvalue weighted by atomic mass is 10.1. The molecule has 142 valence electrons. The average Bonchev–Trinajstić information content (AvgIpc) is 3.02. The van der Waals surface area contributed by atoms with Gasteiger partial charge in [0.2, 0.25) is 5.95 Å². The summed E-state index contributed by atoms with van der Waals surface area (Å²) in [6, 6.07) is 9.24. The highest BCUT2D eigenvalue weighted by Gasteiger charge is 2.09. The zero-order chi connectivity index (χ0) is 19.8. The Labute approximate surface area is 165 Å². The highest BCUT2D eigenvalue weighted by molar-refractivity contribution is 6.32.